The van der Waals surface area contributed by atoms with E-state index in [1.807, 2.05) is 12.1 Å². The van der Waals surface area contributed by atoms with E-state index < -0.39 is 31.4 Å². The van der Waals surface area contributed by atoms with Crippen molar-refractivity contribution in [2.75, 3.05) is 6.61 Å². The van der Waals surface area contributed by atoms with Gasteiger partial charge in [0.2, 0.25) is 0 Å². The maximum atomic E-state index is 12.9. The Hall–Kier alpha value is -2.45. The van der Waals surface area contributed by atoms with Crippen molar-refractivity contribution < 1.29 is 22.9 Å². The molecule has 3 atom stereocenters. The van der Waals surface area contributed by atoms with E-state index in [1.54, 1.807) is 25.1 Å². The Bertz CT molecular complexity index is 1190. The molecule has 2 aliphatic heterocycles. The Labute approximate surface area is 179 Å². The van der Waals surface area contributed by atoms with Gasteiger partial charge in [0.1, 0.15) is 11.9 Å². The van der Waals surface area contributed by atoms with E-state index in [9.17, 15) is 14.2 Å². The van der Waals surface area contributed by atoms with Crippen LogP contribution in [-0.4, -0.2) is 22.3 Å². The molecule has 3 heterocycles. The van der Waals surface area contributed by atoms with Gasteiger partial charge in [-0.3, -0.25) is 23.4 Å². The Morgan fingerprint density at radius 2 is 2.03 bits per heavy atom. The fraction of sp³-hybridized carbons (Fsp3) is 0.429. The molecule has 1 N–H and O–H groups in total. The first-order chi connectivity index (χ1) is 14.5. The first-order valence-electron chi connectivity index (χ1n) is 9.92. The minimum absolute atomic E-state index is 0.0262. The number of hydrogen-bond donors (Lipinski definition) is 1. The lowest BCUT2D eigenvalue weighted by Gasteiger charge is -2.27. The molecule has 1 unspecified atom stereocenters. The third-order valence-corrected chi connectivity index (χ3v) is 6.47. The summed E-state index contributed by atoms with van der Waals surface area (Å²) in [6.07, 6.45) is 3.51. The summed E-state index contributed by atoms with van der Waals surface area (Å²) in [7, 11) is -3.80. The smallest absolute Gasteiger partial charge is 0.404 e. The molecule has 0 aliphatic carbocycles. The summed E-state index contributed by atoms with van der Waals surface area (Å²) in [6.45, 7) is 7.96. The number of aromatic nitrogens is 2. The summed E-state index contributed by atoms with van der Waals surface area (Å²) in [4.78, 5) is 25.8. The van der Waals surface area contributed by atoms with Crippen LogP contribution < -0.4 is 15.8 Å². The van der Waals surface area contributed by atoms with Gasteiger partial charge in [-0.1, -0.05) is 32.9 Å². The highest BCUT2D eigenvalue weighted by Crippen LogP contribution is 2.55. The molecule has 1 aromatic carbocycles. The first kappa shape index (κ1) is 21.8. The van der Waals surface area contributed by atoms with Gasteiger partial charge in [-0.15, -0.1) is 0 Å². The number of benzene rings is 1. The zero-order valence-electron chi connectivity index (χ0n) is 17.8. The van der Waals surface area contributed by atoms with Gasteiger partial charge in [0, 0.05) is 17.3 Å². The van der Waals surface area contributed by atoms with Crippen LogP contribution in [0.1, 0.15) is 43.7 Å². The number of aromatic amines is 1. The summed E-state index contributed by atoms with van der Waals surface area (Å²) in [5.74, 6) is 0.471. The molecule has 0 bridgehead atoms. The molecule has 4 rings (SSSR count). The van der Waals surface area contributed by atoms with Gasteiger partial charge in [-0.05, 0) is 36.1 Å². The van der Waals surface area contributed by atoms with Crippen molar-refractivity contribution in [1.29, 1.82) is 0 Å². The summed E-state index contributed by atoms with van der Waals surface area (Å²) in [6, 6.07) is 5.70. The highest BCUT2D eigenvalue weighted by Gasteiger charge is 2.36. The molecule has 1 aromatic heterocycles. The van der Waals surface area contributed by atoms with Gasteiger partial charge in [0.15, 0.2) is 6.23 Å². The number of nitrogens with zero attached hydrogens (tertiary/aromatic N) is 1. The van der Waals surface area contributed by atoms with Crippen LogP contribution in [0.5, 0.6) is 5.75 Å². The van der Waals surface area contributed by atoms with Crippen molar-refractivity contribution in [1.82, 2.24) is 9.55 Å². The quantitative estimate of drug-likeness (QED) is 0.564. The highest BCUT2D eigenvalue weighted by atomic mass is 31.2. The highest BCUT2D eigenvalue weighted by molar-refractivity contribution is 7.49. The third kappa shape index (κ3) is 4.60. The van der Waals surface area contributed by atoms with Gasteiger partial charge in [0.05, 0.1) is 13.2 Å². The zero-order valence-corrected chi connectivity index (χ0v) is 18.7. The summed E-state index contributed by atoms with van der Waals surface area (Å²) in [5.41, 5.74) is 1.28. The zero-order chi connectivity index (χ0) is 22.4. The number of H-pyrrole nitrogens is 1. The fourth-order valence-electron chi connectivity index (χ4n) is 3.29. The molecule has 0 spiro atoms. The molecule has 2 aliphatic rings. The van der Waals surface area contributed by atoms with Crippen LogP contribution in [0.3, 0.4) is 0 Å². The normalized spacial score (nSPS) is 25.3. The van der Waals surface area contributed by atoms with Crippen LogP contribution in [0.25, 0.3) is 0 Å². The Kier molecular flexibility index (Phi) is 5.55. The Balaban J connectivity index is 1.39. The standard InChI is InChI=1S/C21H25N2O7P/c1-13-10-23(20(25)22-19(13)24)18-8-6-16(29-18)12-28-31(26)27-11-14-9-15(21(2,3)4)5-7-17(14)30-31/h5-10,16,18H,11-12H2,1-4H3,(H,22,24,25)/t16-,18+,31?/m0/s1. The van der Waals surface area contributed by atoms with E-state index in [1.165, 1.54) is 10.8 Å². The van der Waals surface area contributed by atoms with E-state index in [0.717, 1.165) is 11.1 Å². The predicted octanol–water partition coefficient (Wildman–Crippen LogP) is 3.33. The third-order valence-electron chi connectivity index (χ3n) is 5.14. The molecular weight excluding hydrogens is 423 g/mol. The van der Waals surface area contributed by atoms with Crippen molar-refractivity contribution in [2.24, 2.45) is 0 Å². The van der Waals surface area contributed by atoms with Crippen LogP contribution in [0.15, 0.2) is 46.1 Å². The molecule has 2 aromatic rings. The van der Waals surface area contributed by atoms with E-state index >= 15 is 0 Å². The summed E-state index contributed by atoms with van der Waals surface area (Å²) in [5, 5.41) is 0. The van der Waals surface area contributed by atoms with Crippen LogP contribution in [0.2, 0.25) is 0 Å². The number of nitrogens with one attached hydrogen (secondary N) is 1. The van der Waals surface area contributed by atoms with Crippen LogP contribution in [0, 0.1) is 6.92 Å². The largest absolute Gasteiger partial charge is 0.530 e. The minimum atomic E-state index is -3.80. The number of hydrogen-bond acceptors (Lipinski definition) is 7. The van der Waals surface area contributed by atoms with Crippen LogP contribution >= 0.6 is 7.82 Å². The Morgan fingerprint density at radius 3 is 2.77 bits per heavy atom. The molecule has 9 nitrogen and oxygen atoms in total. The van der Waals surface area contributed by atoms with Gasteiger partial charge < -0.3 is 9.26 Å². The van der Waals surface area contributed by atoms with Crippen molar-refractivity contribution >= 4 is 7.82 Å². The first-order valence-corrected chi connectivity index (χ1v) is 11.4. The number of ether oxygens (including phenoxy) is 1. The van der Waals surface area contributed by atoms with E-state index in [4.69, 9.17) is 18.3 Å². The monoisotopic (exact) mass is 448 g/mol. The number of phosphoric acid groups is 1. The molecule has 10 heteroatoms. The van der Waals surface area contributed by atoms with Crippen molar-refractivity contribution in [2.45, 2.75) is 52.0 Å². The molecule has 0 saturated carbocycles. The van der Waals surface area contributed by atoms with Gasteiger partial charge in [-0.2, -0.15) is 0 Å². The molecular formula is C21H25N2O7P. The molecule has 0 fully saturated rings. The van der Waals surface area contributed by atoms with Crippen LogP contribution in [0.4, 0.5) is 0 Å². The van der Waals surface area contributed by atoms with Crippen molar-refractivity contribution in [3.8, 4) is 5.75 Å². The SMILES string of the molecule is Cc1cn([C@H]2C=C[C@@H](COP3(=O)OCc4cc(C(C)(C)C)ccc4O3)O2)c(=O)[nH]c1=O. The number of aryl methyl sites for hydroxylation is 1. The fourth-order valence-corrected chi connectivity index (χ4v) is 4.51. The average molecular weight is 448 g/mol. The molecule has 166 valence electrons. The van der Waals surface area contributed by atoms with E-state index in [-0.39, 0.29) is 18.6 Å². The minimum Gasteiger partial charge on any atom is -0.404 e. The number of rotatable bonds is 4. The number of fused-ring (bicyclic) bond motifs is 1. The topological polar surface area (TPSA) is 109 Å². The Morgan fingerprint density at radius 1 is 1.26 bits per heavy atom. The molecule has 31 heavy (non-hydrogen) atoms. The number of phosphoric ester groups is 1. The molecule has 0 radical (unpaired) electrons. The lowest BCUT2D eigenvalue weighted by atomic mass is 9.86. The van der Waals surface area contributed by atoms with E-state index in [2.05, 4.69) is 25.8 Å². The maximum absolute atomic E-state index is 12.9. The van der Waals surface area contributed by atoms with Gasteiger partial charge in [-0.25, -0.2) is 9.36 Å². The lowest BCUT2D eigenvalue weighted by molar-refractivity contribution is -0.0130. The maximum Gasteiger partial charge on any atom is 0.530 e. The second-order valence-electron chi connectivity index (χ2n) is 8.61. The summed E-state index contributed by atoms with van der Waals surface area (Å²) >= 11 is 0. The van der Waals surface area contributed by atoms with Crippen LogP contribution in [-0.2, 0) is 30.4 Å². The molecule has 0 saturated heterocycles. The average Bonchev–Trinajstić information content (AvgIpc) is 3.17. The second-order valence-corrected chi connectivity index (χ2v) is 10.2. The van der Waals surface area contributed by atoms with Crippen molar-refractivity contribution in [3.05, 3.63) is 74.1 Å². The molecule has 0 amide bonds. The van der Waals surface area contributed by atoms with Gasteiger partial charge >= 0.3 is 13.5 Å². The predicted molar refractivity (Wildman–Crippen MR) is 113 cm³/mol. The lowest BCUT2D eigenvalue weighted by Crippen LogP contribution is -2.33. The summed E-state index contributed by atoms with van der Waals surface area (Å²) < 4.78 is 36.3. The second kappa shape index (κ2) is 7.91. The van der Waals surface area contributed by atoms with E-state index in [0.29, 0.717) is 11.3 Å². The van der Waals surface area contributed by atoms with Crippen molar-refractivity contribution in [3.63, 3.8) is 0 Å². The van der Waals surface area contributed by atoms with Gasteiger partial charge in [0.25, 0.3) is 5.56 Å².